The first kappa shape index (κ1) is 14.3. The predicted octanol–water partition coefficient (Wildman–Crippen LogP) is 4.56. The van der Waals surface area contributed by atoms with Gasteiger partial charge in [-0.2, -0.15) is 0 Å². The molecule has 5 heteroatoms. The van der Waals surface area contributed by atoms with Crippen LogP contribution in [0.3, 0.4) is 0 Å². The SMILES string of the molecule is CC1(Cn2c(CCCl)nc3cc(Br)cnc32)CCCC1. The number of pyridine rings is 1. The van der Waals surface area contributed by atoms with Crippen LogP contribution in [0.15, 0.2) is 16.7 Å². The van der Waals surface area contributed by atoms with Gasteiger partial charge in [0.05, 0.1) is 0 Å². The fraction of sp³-hybridized carbons (Fsp3) is 0.600. The van der Waals surface area contributed by atoms with Gasteiger partial charge in [-0.15, -0.1) is 11.6 Å². The zero-order chi connectivity index (χ0) is 14.2. The Morgan fingerprint density at radius 1 is 1.40 bits per heavy atom. The first-order valence-electron chi connectivity index (χ1n) is 7.18. The van der Waals surface area contributed by atoms with E-state index in [2.05, 4.69) is 32.4 Å². The molecule has 1 fully saturated rings. The van der Waals surface area contributed by atoms with E-state index in [4.69, 9.17) is 16.6 Å². The second-order valence-electron chi connectivity index (χ2n) is 6.07. The van der Waals surface area contributed by atoms with E-state index in [1.807, 2.05) is 12.3 Å². The Morgan fingerprint density at radius 2 is 2.15 bits per heavy atom. The second kappa shape index (κ2) is 5.64. The van der Waals surface area contributed by atoms with Crippen LogP contribution in [0.4, 0.5) is 0 Å². The average molecular weight is 357 g/mol. The van der Waals surface area contributed by atoms with Crippen molar-refractivity contribution in [3.63, 3.8) is 0 Å². The summed E-state index contributed by atoms with van der Waals surface area (Å²) in [5.74, 6) is 1.66. The van der Waals surface area contributed by atoms with Crippen molar-refractivity contribution in [2.45, 2.75) is 45.6 Å². The maximum atomic E-state index is 5.94. The average Bonchev–Trinajstić information content (AvgIpc) is 2.96. The van der Waals surface area contributed by atoms with Gasteiger partial charge in [0, 0.05) is 29.5 Å². The molecule has 0 spiro atoms. The van der Waals surface area contributed by atoms with Crippen LogP contribution in [0, 0.1) is 5.41 Å². The number of hydrogen-bond donors (Lipinski definition) is 0. The molecule has 1 aliphatic rings. The van der Waals surface area contributed by atoms with Gasteiger partial charge in [0.2, 0.25) is 0 Å². The van der Waals surface area contributed by atoms with E-state index in [1.165, 1.54) is 25.7 Å². The van der Waals surface area contributed by atoms with Gasteiger partial charge < -0.3 is 4.57 Å². The van der Waals surface area contributed by atoms with Gasteiger partial charge in [-0.05, 0) is 40.3 Å². The molecule has 0 unspecified atom stereocenters. The van der Waals surface area contributed by atoms with Crippen LogP contribution in [0.1, 0.15) is 38.4 Å². The third-order valence-electron chi connectivity index (χ3n) is 4.30. The molecule has 0 aliphatic heterocycles. The number of aryl methyl sites for hydroxylation is 1. The number of alkyl halides is 1. The molecule has 20 heavy (non-hydrogen) atoms. The van der Waals surface area contributed by atoms with Crippen molar-refractivity contribution in [1.29, 1.82) is 0 Å². The minimum atomic E-state index is 0.378. The van der Waals surface area contributed by atoms with Crippen molar-refractivity contribution in [2.75, 3.05) is 5.88 Å². The van der Waals surface area contributed by atoms with Gasteiger partial charge in [-0.25, -0.2) is 9.97 Å². The third-order valence-corrected chi connectivity index (χ3v) is 4.92. The molecule has 0 N–H and O–H groups in total. The summed E-state index contributed by atoms with van der Waals surface area (Å²) in [4.78, 5) is 9.29. The number of aromatic nitrogens is 3. The Kier molecular flexibility index (Phi) is 4.04. The molecule has 0 amide bonds. The number of halogens is 2. The Bertz CT molecular complexity index is 617. The van der Waals surface area contributed by atoms with Gasteiger partial charge >= 0.3 is 0 Å². The zero-order valence-electron chi connectivity index (χ0n) is 11.7. The molecule has 2 heterocycles. The highest BCUT2D eigenvalue weighted by Gasteiger charge is 2.30. The highest BCUT2D eigenvalue weighted by atomic mass is 79.9. The van der Waals surface area contributed by atoms with Crippen molar-refractivity contribution < 1.29 is 0 Å². The largest absolute Gasteiger partial charge is 0.312 e. The van der Waals surface area contributed by atoms with Gasteiger partial charge in [-0.3, -0.25) is 0 Å². The second-order valence-corrected chi connectivity index (χ2v) is 7.36. The topological polar surface area (TPSA) is 30.7 Å². The number of nitrogens with zero attached hydrogens (tertiary/aromatic N) is 3. The molecule has 0 aromatic carbocycles. The molecule has 0 bridgehead atoms. The van der Waals surface area contributed by atoms with Crippen molar-refractivity contribution >= 4 is 38.7 Å². The summed E-state index contributed by atoms with van der Waals surface area (Å²) in [7, 11) is 0. The lowest BCUT2D eigenvalue weighted by Crippen LogP contribution is -2.21. The summed E-state index contributed by atoms with van der Waals surface area (Å²) in [6.45, 7) is 3.39. The van der Waals surface area contributed by atoms with Crippen LogP contribution in [0.2, 0.25) is 0 Å². The summed E-state index contributed by atoms with van der Waals surface area (Å²) < 4.78 is 3.26. The van der Waals surface area contributed by atoms with E-state index in [0.29, 0.717) is 11.3 Å². The Morgan fingerprint density at radius 3 is 2.85 bits per heavy atom. The van der Waals surface area contributed by atoms with Gasteiger partial charge in [0.15, 0.2) is 5.65 Å². The van der Waals surface area contributed by atoms with Gasteiger partial charge in [0.1, 0.15) is 11.3 Å². The maximum absolute atomic E-state index is 5.94. The van der Waals surface area contributed by atoms with Crippen molar-refractivity contribution in [3.05, 3.63) is 22.6 Å². The van der Waals surface area contributed by atoms with E-state index < -0.39 is 0 Å². The van der Waals surface area contributed by atoms with Crippen LogP contribution >= 0.6 is 27.5 Å². The zero-order valence-corrected chi connectivity index (χ0v) is 14.0. The normalized spacial score (nSPS) is 17.9. The van der Waals surface area contributed by atoms with E-state index in [-0.39, 0.29) is 0 Å². The van der Waals surface area contributed by atoms with E-state index in [9.17, 15) is 0 Å². The quantitative estimate of drug-likeness (QED) is 0.752. The number of imidazole rings is 1. The van der Waals surface area contributed by atoms with Crippen molar-refractivity contribution in [3.8, 4) is 0 Å². The first-order valence-corrected chi connectivity index (χ1v) is 8.51. The minimum Gasteiger partial charge on any atom is -0.312 e. The predicted molar refractivity (Wildman–Crippen MR) is 86.2 cm³/mol. The van der Waals surface area contributed by atoms with Crippen molar-refractivity contribution in [2.24, 2.45) is 5.41 Å². The molecule has 108 valence electrons. The molecular formula is C15H19BrClN3. The van der Waals surface area contributed by atoms with Crippen LogP contribution in [-0.4, -0.2) is 20.4 Å². The number of fused-ring (bicyclic) bond motifs is 1. The Labute approximate surface area is 132 Å². The van der Waals surface area contributed by atoms with Gasteiger partial charge in [-0.1, -0.05) is 19.8 Å². The molecule has 3 rings (SSSR count). The minimum absolute atomic E-state index is 0.378. The lowest BCUT2D eigenvalue weighted by molar-refractivity contribution is 0.281. The van der Waals surface area contributed by atoms with Gasteiger partial charge in [0.25, 0.3) is 0 Å². The lowest BCUT2D eigenvalue weighted by Gasteiger charge is -2.25. The standard InChI is InChI=1S/C15H19BrClN3/c1-15(5-2-3-6-15)10-20-13(4-7-17)19-12-8-11(16)9-18-14(12)20/h8-9H,2-7,10H2,1H3. The van der Waals surface area contributed by atoms with E-state index >= 15 is 0 Å². The van der Waals surface area contributed by atoms with E-state index in [0.717, 1.165) is 34.4 Å². The molecular weight excluding hydrogens is 338 g/mol. The van der Waals surface area contributed by atoms with Crippen LogP contribution in [0.5, 0.6) is 0 Å². The third kappa shape index (κ3) is 2.73. The molecule has 3 nitrogen and oxygen atoms in total. The molecule has 0 saturated heterocycles. The molecule has 2 aromatic heterocycles. The monoisotopic (exact) mass is 355 g/mol. The highest BCUT2D eigenvalue weighted by Crippen LogP contribution is 2.39. The molecule has 0 radical (unpaired) electrons. The molecule has 0 atom stereocenters. The Hall–Kier alpha value is -0.610. The molecule has 1 saturated carbocycles. The van der Waals surface area contributed by atoms with Crippen LogP contribution in [0.25, 0.3) is 11.2 Å². The summed E-state index contributed by atoms with van der Waals surface area (Å²) in [5.41, 5.74) is 2.33. The highest BCUT2D eigenvalue weighted by molar-refractivity contribution is 9.10. The van der Waals surface area contributed by atoms with Crippen LogP contribution < -0.4 is 0 Å². The number of rotatable bonds is 4. The first-order chi connectivity index (χ1) is 9.61. The van der Waals surface area contributed by atoms with E-state index in [1.54, 1.807) is 0 Å². The molecule has 2 aromatic rings. The number of hydrogen-bond acceptors (Lipinski definition) is 2. The fourth-order valence-corrected chi connectivity index (χ4v) is 3.73. The van der Waals surface area contributed by atoms with Crippen LogP contribution in [-0.2, 0) is 13.0 Å². The summed E-state index contributed by atoms with van der Waals surface area (Å²) >= 11 is 9.40. The summed E-state index contributed by atoms with van der Waals surface area (Å²) in [6, 6.07) is 2.04. The summed E-state index contributed by atoms with van der Waals surface area (Å²) in [5, 5.41) is 0. The van der Waals surface area contributed by atoms with Crippen molar-refractivity contribution in [1.82, 2.24) is 14.5 Å². The maximum Gasteiger partial charge on any atom is 0.160 e. The smallest absolute Gasteiger partial charge is 0.160 e. The fourth-order valence-electron chi connectivity index (χ4n) is 3.24. The Balaban J connectivity index is 2.04. The lowest BCUT2D eigenvalue weighted by atomic mass is 9.89. The summed E-state index contributed by atoms with van der Waals surface area (Å²) in [6.07, 6.45) is 7.92. The molecule has 1 aliphatic carbocycles.